The molecule has 4 nitrogen and oxygen atoms in total. The van der Waals surface area contributed by atoms with Crippen LogP contribution in [0.4, 0.5) is 8.78 Å². The van der Waals surface area contributed by atoms with Gasteiger partial charge < -0.3 is 10.6 Å². The molecule has 0 atom stereocenters. The Kier molecular flexibility index (Phi) is 8.84. The lowest BCUT2D eigenvalue weighted by atomic mass is 10.1. The number of aliphatic imine (C=N–C) groups is 1. The molecule has 2 aromatic rings. The lowest BCUT2D eigenvalue weighted by Gasteiger charge is -2.12. The summed E-state index contributed by atoms with van der Waals surface area (Å²) in [5.41, 5.74) is 1.87. The van der Waals surface area contributed by atoms with Crippen molar-refractivity contribution in [2.24, 2.45) is 4.99 Å². The third-order valence-corrected chi connectivity index (χ3v) is 3.43. The van der Waals surface area contributed by atoms with E-state index >= 15 is 0 Å². The summed E-state index contributed by atoms with van der Waals surface area (Å²) in [5.74, 6) is -0.324. The number of rotatable bonds is 5. The highest BCUT2D eigenvalue weighted by Crippen LogP contribution is 2.09. The summed E-state index contributed by atoms with van der Waals surface area (Å²) >= 11 is 0. The van der Waals surface area contributed by atoms with Gasteiger partial charge in [0.1, 0.15) is 11.6 Å². The Morgan fingerprint density at radius 2 is 1.96 bits per heavy atom. The molecule has 0 aliphatic heterocycles. The minimum absolute atomic E-state index is 0. The standard InChI is InChI=1S/C18H18F2N4.HI/c1-22-18(24-12-14-4-2-3-13(9-14)11-21)23-8-7-15-10-16(19)5-6-17(15)20;/h2-6,9-10H,7-8,12H2,1H3,(H2,22,23,24);1H. The SMILES string of the molecule is CN=C(NCCc1cc(F)ccc1F)NCc1cccc(C#N)c1.I. The van der Waals surface area contributed by atoms with E-state index in [0.717, 1.165) is 17.7 Å². The van der Waals surface area contributed by atoms with Gasteiger partial charge in [0.15, 0.2) is 5.96 Å². The average Bonchev–Trinajstić information content (AvgIpc) is 2.61. The van der Waals surface area contributed by atoms with Crippen LogP contribution in [0.25, 0.3) is 0 Å². The van der Waals surface area contributed by atoms with Crippen LogP contribution in [0, 0.1) is 23.0 Å². The molecule has 2 N–H and O–H groups in total. The Morgan fingerprint density at radius 3 is 2.68 bits per heavy atom. The number of nitrogens with one attached hydrogen (secondary N) is 2. The molecule has 0 aliphatic carbocycles. The zero-order chi connectivity index (χ0) is 17.4. The molecular weight excluding hydrogens is 437 g/mol. The minimum atomic E-state index is -0.453. The van der Waals surface area contributed by atoms with Crippen LogP contribution in [0.5, 0.6) is 0 Å². The van der Waals surface area contributed by atoms with E-state index in [9.17, 15) is 8.78 Å². The first-order chi connectivity index (χ1) is 11.6. The lowest BCUT2D eigenvalue weighted by Crippen LogP contribution is -2.37. The first kappa shape index (κ1) is 20.8. The maximum absolute atomic E-state index is 13.6. The van der Waals surface area contributed by atoms with Crippen molar-refractivity contribution in [1.82, 2.24) is 10.6 Å². The van der Waals surface area contributed by atoms with Crippen LogP contribution < -0.4 is 10.6 Å². The van der Waals surface area contributed by atoms with Gasteiger partial charge in [0.2, 0.25) is 0 Å². The average molecular weight is 456 g/mol. The van der Waals surface area contributed by atoms with Crippen LogP contribution in [-0.2, 0) is 13.0 Å². The second-order valence-electron chi connectivity index (χ2n) is 5.15. The monoisotopic (exact) mass is 456 g/mol. The second-order valence-corrected chi connectivity index (χ2v) is 5.15. The Balaban J connectivity index is 0.00000312. The van der Waals surface area contributed by atoms with Crippen molar-refractivity contribution >= 4 is 29.9 Å². The molecule has 0 amide bonds. The largest absolute Gasteiger partial charge is 0.356 e. The highest BCUT2D eigenvalue weighted by molar-refractivity contribution is 14.0. The first-order valence-electron chi connectivity index (χ1n) is 7.50. The van der Waals surface area contributed by atoms with Crippen molar-refractivity contribution in [1.29, 1.82) is 5.26 Å². The van der Waals surface area contributed by atoms with Gasteiger partial charge in [-0.1, -0.05) is 12.1 Å². The summed E-state index contributed by atoms with van der Waals surface area (Å²) in [6.45, 7) is 0.918. The quantitative estimate of drug-likeness (QED) is 0.412. The molecule has 7 heteroatoms. The topological polar surface area (TPSA) is 60.2 Å². The summed E-state index contributed by atoms with van der Waals surface area (Å²) in [6, 6.07) is 12.8. The Labute approximate surface area is 163 Å². The van der Waals surface area contributed by atoms with Crippen LogP contribution in [-0.4, -0.2) is 19.6 Å². The Morgan fingerprint density at radius 1 is 1.16 bits per heavy atom. The molecule has 0 unspecified atom stereocenters. The number of halogens is 3. The van der Waals surface area contributed by atoms with Crippen molar-refractivity contribution in [3.63, 3.8) is 0 Å². The summed E-state index contributed by atoms with van der Waals surface area (Å²) in [7, 11) is 1.63. The fraction of sp³-hybridized carbons (Fsp3) is 0.222. The first-order valence-corrected chi connectivity index (χ1v) is 7.50. The molecule has 2 rings (SSSR count). The fourth-order valence-corrected chi connectivity index (χ4v) is 2.21. The van der Waals surface area contributed by atoms with E-state index in [1.54, 1.807) is 19.2 Å². The van der Waals surface area contributed by atoms with Crippen molar-refractivity contribution in [2.45, 2.75) is 13.0 Å². The molecule has 0 spiro atoms. The number of hydrogen-bond acceptors (Lipinski definition) is 2. The Bertz CT molecular complexity index is 772. The van der Waals surface area contributed by atoms with Crippen LogP contribution >= 0.6 is 24.0 Å². The van der Waals surface area contributed by atoms with Crippen LogP contribution in [0.3, 0.4) is 0 Å². The third kappa shape index (κ3) is 6.66. The number of benzene rings is 2. The highest BCUT2D eigenvalue weighted by Gasteiger charge is 2.05. The lowest BCUT2D eigenvalue weighted by molar-refractivity contribution is 0.583. The molecule has 0 bridgehead atoms. The fourth-order valence-electron chi connectivity index (χ4n) is 2.21. The molecule has 0 heterocycles. The van der Waals surface area contributed by atoms with E-state index in [-0.39, 0.29) is 24.0 Å². The van der Waals surface area contributed by atoms with Crippen LogP contribution in [0.1, 0.15) is 16.7 Å². The molecule has 0 radical (unpaired) electrons. The van der Waals surface area contributed by atoms with Gasteiger partial charge in [0.25, 0.3) is 0 Å². The van der Waals surface area contributed by atoms with E-state index in [4.69, 9.17) is 5.26 Å². The van der Waals surface area contributed by atoms with Gasteiger partial charge in [-0.05, 0) is 47.9 Å². The molecule has 0 fully saturated rings. The summed E-state index contributed by atoms with van der Waals surface area (Å²) < 4.78 is 26.7. The molecular formula is C18H19F2IN4. The van der Waals surface area contributed by atoms with Gasteiger partial charge in [-0.3, -0.25) is 4.99 Å². The highest BCUT2D eigenvalue weighted by atomic mass is 127. The van der Waals surface area contributed by atoms with Gasteiger partial charge >= 0.3 is 0 Å². The molecule has 25 heavy (non-hydrogen) atoms. The maximum Gasteiger partial charge on any atom is 0.191 e. The molecule has 0 aromatic heterocycles. The predicted octanol–water partition coefficient (Wildman–Crippen LogP) is 3.36. The third-order valence-electron chi connectivity index (χ3n) is 3.43. The van der Waals surface area contributed by atoms with Gasteiger partial charge in [-0.2, -0.15) is 5.26 Å². The smallest absolute Gasteiger partial charge is 0.191 e. The van der Waals surface area contributed by atoms with Crippen molar-refractivity contribution in [3.8, 4) is 6.07 Å². The summed E-state index contributed by atoms with van der Waals surface area (Å²) in [6.07, 6.45) is 0.341. The molecule has 2 aromatic carbocycles. The normalized spacial score (nSPS) is 10.6. The zero-order valence-electron chi connectivity index (χ0n) is 13.7. The second kappa shape index (κ2) is 10.6. The number of nitriles is 1. The van der Waals surface area contributed by atoms with Gasteiger partial charge in [0.05, 0.1) is 11.6 Å². The van der Waals surface area contributed by atoms with Crippen molar-refractivity contribution in [2.75, 3.05) is 13.6 Å². The maximum atomic E-state index is 13.6. The van der Waals surface area contributed by atoms with Gasteiger partial charge in [-0.25, -0.2) is 8.78 Å². The van der Waals surface area contributed by atoms with E-state index in [2.05, 4.69) is 21.7 Å². The Hall–Kier alpha value is -2.21. The molecule has 0 saturated heterocycles. The van der Waals surface area contributed by atoms with E-state index in [1.165, 1.54) is 6.07 Å². The van der Waals surface area contributed by atoms with Crippen LogP contribution in [0.2, 0.25) is 0 Å². The van der Waals surface area contributed by atoms with E-state index in [0.29, 0.717) is 36.6 Å². The summed E-state index contributed by atoms with van der Waals surface area (Å²) in [5, 5.41) is 15.0. The minimum Gasteiger partial charge on any atom is -0.356 e. The number of hydrogen-bond donors (Lipinski definition) is 2. The summed E-state index contributed by atoms with van der Waals surface area (Å²) in [4.78, 5) is 4.08. The number of nitrogens with zero attached hydrogens (tertiary/aromatic N) is 2. The van der Waals surface area contributed by atoms with Crippen molar-refractivity contribution in [3.05, 3.63) is 70.8 Å². The molecule has 0 aliphatic rings. The predicted molar refractivity (Wildman–Crippen MR) is 105 cm³/mol. The van der Waals surface area contributed by atoms with Crippen molar-refractivity contribution < 1.29 is 8.78 Å². The van der Waals surface area contributed by atoms with Crippen LogP contribution in [0.15, 0.2) is 47.5 Å². The van der Waals surface area contributed by atoms with Gasteiger partial charge in [0, 0.05) is 20.1 Å². The van der Waals surface area contributed by atoms with Gasteiger partial charge in [-0.15, -0.1) is 24.0 Å². The number of guanidine groups is 1. The zero-order valence-corrected chi connectivity index (χ0v) is 16.1. The molecule has 0 saturated carbocycles. The molecule has 132 valence electrons. The van der Waals surface area contributed by atoms with E-state index in [1.807, 2.05) is 12.1 Å². The van der Waals surface area contributed by atoms with E-state index < -0.39 is 11.6 Å².